The summed E-state index contributed by atoms with van der Waals surface area (Å²) < 4.78 is 2.37. The van der Waals surface area contributed by atoms with Gasteiger partial charge < -0.3 is 4.57 Å². The van der Waals surface area contributed by atoms with Gasteiger partial charge >= 0.3 is 0 Å². The molecule has 0 saturated carbocycles. The van der Waals surface area contributed by atoms with Gasteiger partial charge in [0.2, 0.25) is 0 Å². The molecule has 0 saturated heterocycles. The zero-order valence-electron chi connectivity index (χ0n) is 12.3. The third-order valence-corrected chi connectivity index (χ3v) is 4.17. The molecule has 3 aromatic carbocycles. The van der Waals surface area contributed by atoms with E-state index in [1.165, 1.54) is 38.6 Å². The molecule has 0 spiro atoms. The Morgan fingerprint density at radius 3 is 2.33 bits per heavy atom. The maximum atomic E-state index is 2.37. The van der Waals surface area contributed by atoms with E-state index in [1.807, 2.05) is 0 Å². The first-order chi connectivity index (χ1) is 10.3. The van der Waals surface area contributed by atoms with Crippen molar-refractivity contribution in [1.29, 1.82) is 0 Å². The molecule has 0 N–H and O–H groups in total. The average Bonchev–Trinajstić information content (AvgIpc) is 2.82. The Labute approximate surface area is 124 Å². The van der Waals surface area contributed by atoms with E-state index in [-0.39, 0.29) is 0 Å². The predicted octanol–water partition coefficient (Wildman–Crippen LogP) is 5.40. The van der Waals surface area contributed by atoms with Crippen LogP contribution in [-0.2, 0) is 0 Å². The van der Waals surface area contributed by atoms with Crippen LogP contribution in [0.1, 0.15) is 11.1 Å². The molecule has 4 rings (SSSR count). The molecular formula is C20H17N. The standard InChI is InChI=1S/C20H17N/c1-14-11-12-17-19(13-14)21(16-8-4-3-5-9-16)18-10-6-7-15(2)20(17)18/h3-13H,1-2H3. The molecule has 0 amide bonds. The molecule has 0 fully saturated rings. The summed E-state index contributed by atoms with van der Waals surface area (Å²) in [5, 5.41) is 2.69. The molecule has 0 radical (unpaired) electrons. The largest absolute Gasteiger partial charge is 0.309 e. The molecule has 102 valence electrons. The van der Waals surface area contributed by atoms with Crippen molar-refractivity contribution in [1.82, 2.24) is 4.57 Å². The number of fused-ring (bicyclic) bond motifs is 3. The zero-order chi connectivity index (χ0) is 14.4. The van der Waals surface area contributed by atoms with Gasteiger partial charge in [0.1, 0.15) is 0 Å². The maximum absolute atomic E-state index is 2.37. The first-order valence-corrected chi connectivity index (χ1v) is 7.31. The van der Waals surface area contributed by atoms with Crippen molar-refractivity contribution in [3.05, 3.63) is 77.9 Å². The number of para-hydroxylation sites is 1. The Morgan fingerprint density at radius 2 is 1.52 bits per heavy atom. The van der Waals surface area contributed by atoms with Crippen LogP contribution in [0.15, 0.2) is 66.7 Å². The summed E-state index contributed by atoms with van der Waals surface area (Å²) in [6, 6.07) is 23.9. The van der Waals surface area contributed by atoms with Crippen molar-refractivity contribution in [2.75, 3.05) is 0 Å². The fraction of sp³-hybridized carbons (Fsp3) is 0.100. The van der Waals surface area contributed by atoms with Crippen molar-refractivity contribution in [3.63, 3.8) is 0 Å². The van der Waals surface area contributed by atoms with E-state index in [0.29, 0.717) is 0 Å². The third-order valence-electron chi connectivity index (χ3n) is 4.17. The van der Waals surface area contributed by atoms with Gasteiger partial charge in [-0.1, -0.05) is 42.5 Å². The number of hydrogen-bond donors (Lipinski definition) is 0. The molecule has 0 bridgehead atoms. The van der Waals surface area contributed by atoms with Gasteiger partial charge in [0.25, 0.3) is 0 Å². The molecule has 0 atom stereocenters. The van der Waals surface area contributed by atoms with Crippen LogP contribution in [0, 0.1) is 13.8 Å². The second-order valence-corrected chi connectivity index (χ2v) is 5.66. The normalized spacial score (nSPS) is 11.3. The van der Waals surface area contributed by atoms with Crippen LogP contribution in [0.4, 0.5) is 0 Å². The number of nitrogens with zero attached hydrogens (tertiary/aromatic N) is 1. The second kappa shape index (κ2) is 4.49. The second-order valence-electron chi connectivity index (χ2n) is 5.66. The zero-order valence-corrected chi connectivity index (χ0v) is 12.3. The van der Waals surface area contributed by atoms with Gasteiger partial charge in [-0.2, -0.15) is 0 Å². The number of aromatic nitrogens is 1. The quantitative estimate of drug-likeness (QED) is 0.437. The summed E-state index contributed by atoms with van der Waals surface area (Å²) in [4.78, 5) is 0. The minimum Gasteiger partial charge on any atom is -0.309 e. The monoisotopic (exact) mass is 271 g/mol. The summed E-state index contributed by atoms with van der Waals surface area (Å²) in [7, 11) is 0. The minimum absolute atomic E-state index is 1.22. The lowest BCUT2D eigenvalue weighted by Gasteiger charge is -2.07. The smallest absolute Gasteiger partial charge is 0.0543 e. The number of aryl methyl sites for hydroxylation is 2. The van der Waals surface area contributed by atoms with Crippen LogP contribution in [0.2, 0.25) is 0 Å². The summed E-state index contributed by atoms with van der Waals surface area (Å²) in [6.07, 6.45) is 0. The van der Waals surface area contributed by atoms with Crippen molar-refractivity contribution < 1.29 is 0 Å². The van der Waals surface area contributed by atoms with Crippen molar-refractivity contribution in [3.8, 4) is 5.69 Å². The van der Waals surface area contributed by atoms with Crippen molar-refractivity contribution >= 4 is 21.8 Å². The summed E-state index contributed by atoms with van der Waals surface area (Å²) in [5.41, 5.74) is 6.40. The Bertz CT molecular complexity index is 946. The fourth-order valence-corrected chi connectivity index (χ4v) is 3.21. The first-order valence-electron chi connectivity index (χ1n) is 7.31. The Balaban J connectivity index is 2.26. The highest BCUT2D eigenvalue weighted by molar-refractivity contribution is 6.10. The van der Waals surface area contributed by atoms with Crippen LogP contribution in [0.25, 0.3) is 27.5 Å². The van der Waals surface area contributed by atoms with E-state index in [4.69, 9.17) is 0 Å². The molecule has 4 aromatic rings. The van der Waals surface area contributed by atoms with Crippen molar-refractivity contribution in [2.24, 2.45) is 0 Å². The highest BCUT2D eigenvalue weighted by atomic mass is 15.0. The Morgan fingerprint density at radius 1 is 0.714 bits per heavy atom. The maximum Gasteiger partial charge on any atom is 0.0543 e. The minimum atomic E-state index is 1.22. The van der Waals surface area contributed by atoms with Crippen molar-refractivity contribution in [2.45, 2.75) is 13.8 Å². The fourth-order valence-electron chi connectivity index (χ4n) is 3.21. The lowest BCUT2D eigenvalue weighted by atomic mass is 10.1. The van der Waals surface area contributed by atoms with Crippen LogP contribution in [0.3, 0.4) is 0 Å². The van der Waals surface area contributed by atoms with E-state index >= 15 is 0 Å². The SMILES string of the molecule is Cc1ccc2c3c(C)cccc3n(-c3ccccc3)c2c1. The summed E-state index contributed by atoms with van der Waals surface area (Å²) >= 11 is 0. The molecule has 0 unspecified atom stereocenters. The molecular weight excluding hydrogens is 254 g/mol. The number of hydrogen-bond acceptors (Lipinski definition) is 0. The lowest BCUT2D eigenvalue weighted by Crippen LogP contribution is -1.93. The van der Waals surface area contributed by atoms with Crippen LogP contribution in [-0.4, -0.2) is 4.57 Å². The highest BCUT2D eigenvalue weighted by Crippen LogP contribution is 2.34. The van der Waals surface area contributed by atoms with E-state index in [0.717, 1.165) is 0 Å². The molecule has 0 aliphatic rings. The topological polar surface area (TPSA) is 4.93 Å². The van der Waals surface area contributed by atoms with Gasteiger partial charge in [0.15, 0.2) is 0 Å². The van der Waals surface area contributed by atoms with Gasteiger partial charge in [-0.3, -0.25) is 0 Å². The van der Waals surface area contributed by atoms with Gasteiger partial charge in [-0.15, -0.1) is 0 Å². The van der Waals surface area contributed by atoms with Gasteiger partial charge in [0, 0.05) is 16.5 Å². The molecule has 1 aromatic heterocycles. The summed E-state index contributed by atoms with van der Waals surface area (Å²) in [5.74, 6) is 0. The van der Waals surface area contributed by atoms with Crippen LogP contribution >= 0.6 is 0 Å². The number of benzene rings is 3. The highest BCUT2D eigenvalue weighted by Gasteiger charge is 2.13. The van der Waals surface area contributed by atoms with Crippen LogP contribution < -0.4 is 0 Å². The molecule has 1 heteroatoms. The van der Waals surface area contributed by atoms with Gasteiger partial charge in [-0.25, -0.2) is 0 Å². The summed E-state index contributed by atoms with van der Waals surface area (Å²) in [6.45, 7) is 4.34. The number of rotatable bonds is 1. The van der Waals surface area contributed by atoms with Gasteiger partial charge in [0.05, 0.1) is 11.0 Å². The lowest BCUT2D eigenvalue weighted by molar-refractivity contribution is 1.18. The third kappa shape index (κ3) is 1.78. The van der Waals surface area contributed by atoms with Crippen LogP contribution in [0.5, 0.6) is 0 Å². The first kappa shape index (κ1) is 12.2. The Kier molecular flexibility index (Phi) is 2.61. The molecule has 1 nitrogen and oxygen atoms in total. The van der Waals surface area contributed by atoms with E-state index in [2.05, 4.69) is 85.1 Å². The van der Waals surface area contributed by atoms with E-state index < -0.39 is 0 Å². The Hall–Kier alpha value is -2.54. The van der Waals surface area contributed by atoms with E-state index in [1.54, 1.807) is 0 Å². The average molecular weight is 271 g/mol. The molecule has 0 aliphatic carbocycles. The molecule has 21 heavy (non-hydrogen) atoms. The molecule has 0 aliphatic heterocycles. The molecule has 1 heterocycles. The predicted molar refractivity (Wildman–Crippen MR) is 90.3 cm³/mol. The van der Waals surface area contributed by atoms with Gasteiger partial charge in [-0.05, 0) is 49.2 Å². The van der Waals surface area contributed by atoms with E-state index in [9.17, 15) is 0 Å².